The molecular weight excluding hydrogens is 412 g/mol. The highest BCUT2D eigenvalue weighted by Crippen LogP contribution is 2.42. The number of nitrogens with one attached hydrogen (secondary N) is 1. The van der Waals surface area contributed by atoms with Crippen LogP contribution in [0.3, 0.4) is 0 Å². The topological polar surface area (TPSA) is 94.2 Å². The molecule has 0 spiro atoms. The summed E-state index contributed by atoms with van der Waals surface area (Å²) in [6, 6.07) is 12.9. The summed E-state index contributed by atoms with van der Waals surface area (Å²) in [5.41, 5.74) is 2.10. The molecule has 0 aliphatic carbocycles. The highest BCUT2D eigenvalue weighted by Gasteiger charge is 2.23. The zero-order valence-corrected chi connectivity index (χ0v) is 18.3. The fourth-order valence-corrected chi connectivity index (χ4v) is 3.38. The third-order valence-electron chi connectivity index (χ3n) is 4.85. The molecule has 0 fully saturated rings. The van der Waals surface area contributed by atoms with Gasteiger partial charge >= 0.3 is 0 Å². The van der Waals surface area contributed by atoms with Gasteiger partial charge < -0.3 is 24.4 Å². The first-order chi connectivity index (χ1) is 15.4. The van der Waals surface area contributed by atoms with Gasteiger partial charge in [-0.25, -0.2) is 0 Å². The molecule has 8 nitrogen and oxygen atoms in total. The van der Waals surface area contributed by atoms with Crippen LogP contribution in [0.4, 0.5) is 0 Å². The maximum atomic E-state index is 12.7. The van der Waals surface area contributed by atoms with Crippen LogP contribution in [0.2, 0.25) is 0 Å². The van der Waals surface area contributed by atoms with Crippen LogP contribution in [-0.4, -0.2) is 42.9 Å². The largest absolute Gasteiger partial charge is 0.493 e. The molecular formula is C24H26N2O6. The van der Waals surface area contributed by atoms with Gasteiger partial charge in [0, 0.05) is 38.6 Å². The molecule has 8 heteroatoms. The van der Waals surface area contributed by atoms with Gasteiger partial charge in [-0.05, 0) is 23.3 Å². The number of hydrogen-bond acceptors (Lipinski definition) is 6. The fraction of sp³-hybridized carbons (Fsp3) is 0.292. The number of fused-ring (bicyclic) bond motifs is 1. The summed E-state index contributed by atoms with van der Waals surface area (Å²) in [4.78, 5) is 38.1. The highest BCUT2D eigenvalue weighted by molar-refractivity contribution is 5.88. The minimum Gasteiger partial charge on any atom is -0.493 e. The van der Waals surface area contributed by atoms with E-state index >= 15 is 0 Å². The van der Waals surface area contributed by atoms with Gasteiger partial charge in [-0.2, -0.15) is 0 Å². The van der Waals surface area contributed by atoms with E-state index in [1.165, 1.54) is 32.1 Å². The number of allylic oxidation sites excluding steroid dienone is 1. The number of nitrogens with zero attached hydrogens (tertiary/aromatic N) is 1. The molecule has 0 atom stereocenters. The Bertz CT molecular complexity index is 1030. The van der Waals surface area contributed by atoms with Crippen LogP contribution in [0.25, 0.3) is 0 Å². The van der Waals surface area contributed by atoms with E-state index in [1.807, 2.05) is 30.3 Å². The molecule has 32 heavy (non-hydrogen) atoms. The second-order valence-corrected chi connectivity index (χ2v) is 7.35. The van der Waals surface area contributed by atoms with Crippen molar-refractivity contribution in [1.29, 1.82) is 0 Å². The lowest BCUT2D eigenvalue weighted by molar-refractivity contribution is -0.131. The first-order valence-corrected chi connectivity index (χ1v) is 10.1. The van der Waals surface area contributed by atoms with E-state index in [9.17, 15) is 14.4 Å². The van der Waals surface area contributed by atoms with Crippen LogP contribution in [-0.2, 0) is 27.2 Å². The zero-order chi connectivity index (χ0) is 23.1. The molecule has 0 aromatic heterocycles. The standard InChI is InChI=1S/C24H26N2O6/c1-16(27)25-13-20(9-19-11-22(30-3)24-23(12-19)31-15-32-24)26(17(2)28)14-21(29)10-18-7-5-4-6-8-18/h4-8,11-13H,9-10,14-15H2,1-3H3,(H,25,27)/b20-13-. The normalized spacial score (nSPS) is 12.3. The number of rotatable bonds is 9. The molecule has 0 saturated heterocycles. The molecule has 1 heterocycles. The lowest BCUT2D eigenvalue weighted by Gasteiger charge is -2.24. The van der Waals surface area contributed by atoms with Gasteiger partial charge in [0.1, 0.15) is 0 Å². The molecule has 0 saturated carbocycles. The van der Waals surface area contributed by atoms with Gasteiger partial charge in [0.05, 0.1) is 13.7 Å². The van der Waals surface area contributed by atoms with Crippen LogP contribution in [0.5, 0.6) is 17.2 Å². The number of hydrogen-bond donors (Lipinski definition) is 1. The van der Waals surface area contributed by atoms with Crippen LogP contribution in [0.15, 0.2) is 54.4 Å². The quantitative estimate of drug-likeness (QED) is 0.647. The number of carbonyl (C=O) groups is 3. The Hall–Kier alpha value is -3.81. The van der Waals surface area contributed by atoms with Gasteiger partial charge in [-0.3, -0.25) is 14.4 Å². The second kappa shape index (κ2) is 10.5. The van der Waals surface area contributed by atoms with Crippen molar-refractivity contribution >= 4 is 17.6 Å². The monoisotopic (exact) mass is 438 g/mol. The first kappa shape index (κ1) is 22.9. The zero-order valence-electron chi connectivity index (χ0n) is 18.3. The summed E-state index contributed by atoms with van der Waals surface area (Å²) < 4.78 is 16.3. The van der Waals surface area contributed by atoms with E-state index in [4.69, 9.17) is 14.2 Å². The van der Waals surface area contributed by atoms with Crippen molar-refractivity contribution in [3.63, 3.8) is 0 Å². The Kier molecular flexibility index (Phi) is 7.49. The van der Waals surface area contributed by atoms with Crippen molar-refractivity contribution in [1.82, 2.24) is 10.2 Å². The van der Waals surface area contributed by atoms with Crippen LogP contribution in [0.1, 0.15) is 25.0 Å². The Balaban J connectivity index is 1.85. The third kappa shape index (κ3) is 5.87. The van der Waals surface area contributed by atoms with E-state index in [0.29, 0.717) is 22.9 Å². The number of Topliss-reactive ketones (excluding diaryl/α,β-unsaturated/α-hetero) is 1. The first-order valence-electron chi connectivity index (χ1n) is 10.1. The molecule has 1 N–H and O–H groups in total. The Morgan fingerprint density at radius 3 is 2.47 bits per heavy atom. The van der Waals surface area contributed by atoms with E-state index < -0.39 is 0 Å². The summed E-state index contributed by atoms with van der Waals surface area (Å²) in [6.45, 7) is 2.74. The van der Waals surface area contributed by atoms with Gasteiger partial charge in [-0.15, -0.1) is 0 Å². The Morgan fingerprint density at radius 2 is 1.81 bits per heavy atom. The number of amides is 2. The molecule has 3 rings (SSSR count). The van der Waals surface area contributed by atoms with E-state index in [2.05, 4.69) is 5.32 Å². The number of methoxy groups -OCH3 is 1. The number of ketones is 1. The van der Waals surface area contributed by atoms with Gasteiger partial charge in [-0.1, -0.05) is 30.3 Å². The van der Waals surface area contributed by atoms with Crippen molar-refractivity contribution in [3.05, 3.63) is 65.5 Å². The van der Waals surface area contributed by atoms with Crippen molar-refractivity contribution in [2.24, 2.45) is 0 Å². The molecule has 1 aliphatic heterocycles. The number of carbonyl (C=O) groups excluding carboxylic acids is 3. The molecule has 0 radical (unpaired) electrons. The maximum absolute atomic E-state index is 12.7. The van der Waals surface area contributed by atoms with E-state index in [-0.39, 0.29) is 43.8 Å². The predicted octanol–water partition coefficient (Wildman–Crippen LogP) is 2.60. The lowest BCUT2D eigenvalue weighted by atomic mass is 10.1. The second-order valence-electron chi connectivity index (χ2n) is 7.35. The Morgan fingerprint density at radius 1 is 1.06 bits per heavy atom. The molecule has 2 amide bonds. The van der Waals surface area contributed by atoms with Crippen molar-refractivity contribution in [3.8, 4) is 17.2 Å². The molecule has 1 aliphatic rings. The maximum Gasteiger partial charge on any atom is 0.231 e. The molecule has 2 aromatic rings. The van der Waals surface area contributed by atoms with Gasteiger partial charge in [0.25, 0.3) is 0 Å². The van der Waals surface area contributed by atoms with Crippen molar-refractivity contribution < 1.29 is 28.6 Å². The van der Waals surface area contributed by atoms with E-state index in [0.717, 1.165) is 11.1 Å². The third-order valence-corrected chi connectivity index (χ3v) is 4.85. The van der Waals surface area contributed by atoms with Crippen LogP contribution in [0, 0.1) is 0 Å². The average Bonchev–Trinajstić information content (AvgIpc) is 3.23. The number of ether oxygens (including phenoxy) is 3. The van der Waals surface area contributed by atoms with Crippen molar-refractivity contribution in [2.45, 2.75) is 26.7 Å². The summed E-state index contributed by atoms with van der Waals surface area (Å²) in [6.07, 6.45) is 1.91. The summed E-state index contributed by atoms with van der Waals surface area (Å²) >= 11 is 0. The SMILES string of the molecule is COc1cc(C/C(=C/NC(C)=O)N(CC(=O)Cc2ccccc2)C(C)=O)cc2c1OCO2. The molecule has 2 aromatic carbocycles. The summed E-state index contributed by atoms with van der Waals surface area (Å²) in [5.74, 6) is 0.838. The van der Waals surface area contributed by atoms with Gasteiger partial charge in [0.15, 0.2) is 17.3 Å². The van der Waals surface area contributed by atoms with Crippen LogP contribution >= 0.6 is 0 Å². The summed E-state index contributed by atoms with van der Waals surface area (Å²) in [5, 5.41) is 2.61. The minimum atomic E-state index is -0.310. The average molecular weight is 438 g/mol. The fourth-order valence-electron chi connectivity index (χ4n) is 3.38. The highest BCUT2D eigenvalue weighted by atomic mass is 16.7. The Labute approximate surface area is 186 Å². The van der Waals surface area contributed by atoms with E-state index in [1.54, 1.807) is 12.1 Å². The molecule has 168 valence electrons. The summed E-state index contributed by atoms with van der Waals surface area (Å²) in [7, 11) is 1.53. The molecule has 0 unspecified atom stereocenters. The van der Waals surface area contributed by atoms with Gasteiger partial charge in [0.2, 0.25) is 24.4 Å². The number of benzene rings is 2. The minimum absolute atomic E-state index is 0.0945. The van der Waals surface area contributed by atoms with Crippen LogP contribution < -0.4 is 19.5 Å². The van der Waals surface area contributed by atoms with Crippen molar-refractivity contribution in [2.75, 3.05) is 20.4 Å². The smallest absolute Gasteiger partial charge is 0.231 e. The lowest BCUT2D eigenvalue weighted by Crippen LogP contribution is -2.36. The predicted molar refractivity (Wildman–Crippen MR) is 117 cm³/mol. The molecule has 0 bridgehead atoms.